The van der Waals surface area contributed by atoms with E-state index >= 15 is 0 Å². The van der Waals surface area contributed by atoms with E-state index in [2.05, 4.69) is 4.98 Å². The number of ether oxygens (including phenoxy) is 2. The summed E-state index contributed by atoms with van der Waals surface area (Å²) in [7, 11) is 1.38. The van der Waals surface area contributed by atoms with Crippen LogP contribution in [0.25, 0.3) is 10.9 Å². The van der Waals surface area contributed by atoms with Crippen LogP contribution in [0.3, 0.4) is 0 Å². The number of carbonyl (C=O) groups is 3. The Bertz CT molecular complexity index is 1150. The fourth-order valence-corrected chi connectivity index (χ4v) is 4.67. The number of hydrogen-bond donors (Lipinski definition) is 1. The Hall–Kier alpha value is -3.45. The number of ketones is 1. The van der Waals surface area contributed by atoms with Gasteiger partial charge in [-0.15, -0.1) is 0 Å². The van der Waals surface area contributed by atoms with Crippen molar-refractivity contribution >= 4 is 28.6 Å². The van der Waals surface area contributed by atoms with E-state index in [9.17, 15) is 14.4 Å². The molecule has 0 saturated heterocycles. The number of nitrogens with one attached hydrogen (secondary N) is 1. The Morgan fingerprint density at radius 1 is 1.06 bits per heavy atom. The molecular weight excluding hydrogens is 420 g/mol. The molecule has 0 aliphatic carbocycles. The molecule has 0 bridgehead atoms. The highest BCUT2D eigenvalue weighted by Gasteiger charge is 2.41. The van der Waals surface area contributed by atoms with Gasteiger partial charge in [-0.25, -0.2) is 0 Å². The molecule has 2 aromatic carbocycles. The van der Waals surface area contributed by atoms with Crippen LogP contribution in [0.5, 0.6) is 0 Å². The van der Waals surface area contributed by atoms with Crippen molar-refractivity contribution in [3.05, 3.63) is 71.4 Å². The van der Waals surface area contributed by atoms with Crippen molar-refractivity contribution in [1.82, 2.24) is 9.88 Å². The normalized spacial score (nSPS) is 18.0. The first-order valence-corrected chi connectivity index (χ1v) is 11.2. The number of rotatable bonds is 8. The predicted molar refractivity (Wildman–Crippen MR) is 123 cm³/mol. The van der Waals surface area contributed by atoms with Gasteiger partial charge in [0.2, 0.25) is 0 Å². The Labute approximate surface area is 192 Å². The molecule has 3 aromatic rings. The highest BCUT2D eigenvalue weighted by Crippen LogP contribution is 2.40. The number of aromatic amines is 1. The molecule has 0 unspecified atom stereocenters. The fraction of sp³-hybridized carbons (Fsp3) is 0.346. The van der Waals surface area contributed by atoms with Crippen molar-refractivity contribution in [2.24, 2.45) is 0 Å². The van der Waals surface area contributed by atoms with Crippen molar-refractivity contribution in [2.45, 2.75) is 44.8 Å². The van der Waals surface area contributed by atoms with E-state index in [1.807, 2.05) is 59.5 Å². The molecule has 172 valence electrons. The standard InChI is InChI=1S/C26H28N2O5/c1-3-33-24(30)14-18(29)13-22-25-20(19-11-7-8-12-21(19)27-25)15-23(26(31)32-2)28(22)16-17-9-5-4-6-10-17/h4-12,22-23,27H,3,13-16H2,1-2H3/t22-,23+/m1/s1. The highest BCUT2D eigenvalue weighted by atomic mass is 16.5. The van der Waals surface area contributed by atoms with E-state index in [1.54, 1.807) is 6.92 Å². The van der Waals surface area contributed by atoms with Crippen LogP contribution in [-0.4, -0.2) is 47.4 Å². The van der Waals surface area contributed by atoms with Crippen LogP contribution in [-0.2, 0) is 36.8 Å². The summed E-state index contributed by atoms with van der Waals surface area (Å²) in [5, 5.41) is 1.03. The number of benzene rings is 2. The summed E-state index contributed by atoms with van der Waals surface area (Å²) in [5.74, 6) is -1.11. The number of hydrogen-bond acceptors (Lipinski definition) is 6. The summed E-state index contributed by atoms with van der Waals surface area (Å²) in [6, 6.07) is 16.8. The molecule has 0 radical (unpaired) electrons. The van der Waals surface area contributed by atoms with Gasteiger partial charge in [0.15, 0.2) is 0 Å². The number of methoxy groups -OCH3 is 1. The van der Waals surface area contributed by atoms with Crippen LogP contribution in [0.1, 0.15) is 42.6 Å². The second-order valence-corrected chi connectivity index (χ2v) is 8.20. The molecule has 33 heavy (non-hydrogen) atoms. The van der Waals surface area contributed by atoms with E-state index < -0.39 is 18.1 Å². The summed E-state index contributed by atoms with van der Waals surface area (Å²) in [4.78, 5) is 43.2. The minimum absolute atomic E-state index is 0.0823. The van der Waals surface area contributed by atoms with E-state index in [0.29, 0.717) is 13.0 Å². The van der Waals surface area contributed by atoms with Gasteiger partial charge in [-0.2, -0.15) is 0 Å². The summed E-state index contributed by atoms with van der Waals surface area (Å²) in [6.07, 6.45) is 0.266. The molecule has 1 N–H and O–H groups in total. The van der Waals surface area contributed by atoms with Gasteiger partial charge in [0, 0.05) is 36.0 Å². The molecule has 1 aliphatic heterocycles. The van der Waals surface area contributed by atoms with Gasteiger partial charge in [0.1, 0.15) is 18.2 Å². The van der Waals surface area contributed by atoms with Gasteiger partial charge in [0.05, 0.1) is 19.8 Å². The minimum atomic E-state index is -0.553. The maximum atomic E-state index is 12.9. The van der Waals surface area contributed by atoms with Gasteiger partial charge >= 0.3 is 11.9 Å². The van der Waals surface area contributed by atoms with Crippen LogP contribution in [0.15, 0.2) is 54.6 Å². The topological polar surface area (TPSA) is 88.7 Å². The van der Waals surface area contributed by atoms with Gasteiger partial charge < -0.3 is 14.5 Å². The zero-order valence-electron chi connectivity index (χ0n) is 18.9. The Morgan fingerprint density at radius 2 is 1.79 bits per heavy atom. The molecule has 0 amide bonds. The Morgan fingerprint density at radius 3 is 2.52 bits per heavy atom. The molecule has 0 fully saturated rings. The average Bonchev–Trinajstić information content (AvgIpc) is 3.19. The van der Waals surface area contributed by atoms with E-state index in [0.717, 1.165) is 27.7 Å². The van der Waals surface area contributed by atoms with Crippen molar-refractivity contribution in [3.63, 3.8) is 0 Å². The van der Waals surface area contributed by atoms with Crippen LogP contribution in [0.2, 0.25) is 0 Å². The molecule has 0 spiro atoms. The van der Waals surface area contributed by atoms with E-state index in [-0.39, 0.29) is 31.2 Å². The Kier molecular flexibility index (Phi) is 6.89. The Balaban J connectivity index is 1.76. The molecule has 0 saturated carbocycles. The third kappa shape index (κ3) is 4.83. The minimum Gasteiger partial charge on any atom is -0.468 e. The summed E-state index contributed by atoms with van der Waals surface area (Å²) < 4.78 is 10.1. The molecule has 2 heterocycles. The third-order valence-electron chi connectivity index (χ3n) is 6.13. The zero-order valence-corrected chi connectivity index (χ0v) is 18.9. The maximum Gasteiger partial charge on any atom is 0.323 e. The lowest BCUT2D eigenvalue weighted by Gasteiger charge is -2.40. The largest absolute Gasteiger partial charge is 0.468 e. The molecule has 1 aliphatic rings. The number of para-hydroxylation sites is 1. The summed E-state index contributed by atoms with van der Waals surface area (Å²) >= 11 is 0. The number of aromatic nitrogens is 1. The van der Waals surface area contributed by atoms with Crippen LogP contribution < -0.4 is 0 Å². The average molecular weight is 449 g/mol. The molecular formula is C26H28N2O5. The number of nitrogens with zero attached hydrogens (tertiary/aromatic N) is 1. The van der Waals surface area contributed by atoms with Gasteiger partial charge in [0.25, 0.3) is 0 Å². The lowest BCUT2D eigenvalue weighted by Crippen LogP contribution is -2.48. The van der Waals surface area contributed by atoms with Crippen LogP contribution >= 0.6 is 0 Å². The van der Waals surface area contributed by atoms with Crippen molar-refractivity contribution in [2.75, 3.05) is 13.7 Å². The van der Waals surface area contributed by atoms with Crippen LogP contribution in [0.4, 0.5) is 0 Å². The fourth-order valence-electron chi connectivity index (χ4n) is 4.67. The van der Waals surface area contributed by atoms with Gasteiger partial charge in [-0.3, -0.25) is 19.3 Å². The summed E-state index contributed by atoms with van der Waals surface area (Å²) in [6.45, 7) is 2.40. The first-order chi connectivity index (χ1) is 16.0. The third-order valence-corrected chi connectivity index (χ3v) is 6.13. The lowest BCUT2D eigenvalue weighted by molar-refractivity contribution is -0.151. The zero-order chi connectivity index (χ0) is 23.4. The number of esters is 2. The second kappa shape index (κ2) is 10.0. The first-order valence-electron chi connectivity index (χ1n) is 11.2. The molecule has 4 rings (SSSR count). The van der Waals surface area contributed by atoms with Crippen molar-refractivity contribution in [1.29, 1.82) is 0 Å². The summed E-state index contributed by atoms with van der Waals surface area (Å²) in [5.41, 5.74) is 3.90. The van der Waals surface area contributed by atoms with Gasteiger partial charge in [-0.05, 0) is 24.1 Å². The smallest absolute Gasteiger partial charge is 0.323 e. The van der Waals surface area contributed by atoms with Crippen LogP contribution in [0, 0.1) is 0 Å². The SMILES string of the molecule is CCOC(=O)CC(=O)C[C@@H]1c2[nH]c3ccccc3c2C[C@@H](C(=O)OC)N1Cc1ccccc1. The monoisotopic (exact) mass is 448 g/mol. The molecule has 2 atom stereocenters. The molecule has 7 heteroatoms. The number of carbonyl (C=O) groups excluding carboxylic acids is 3. The predicted octanol–water partition coefficient (Wildman–Crippen LogP) is 3.72. The molecule has 7 nitrogen and oxygen atoms in total. The van der Waals surface area contributed by atoms with E-state index in [4.69, 9.17) is 9.47 Å². The van der Waals surface area contributed by atoms with Crippen molar-refractivity contribution in [3.8, 4) is 0 Å². The van der Waals surface area contributed by atoms with E-state index in [1.165, 1.54) is 7.11 Å². The number of H-pyrrole nitrogens is 1. The highest BCUT2D eigenvalue weighted by molar-refractivity contribution is 5.96. The number of fused-ring (bicyclic) bond motifs is 3. The lowest BCUT2D eigenvalue weighted by atomic mass is 9.88. The quantitative estimate of drug-likeness (QED) is 0.417. The van der Waals surface area contributed by atoms with Crippen molar-refractivity contribution < 1.29 is 23.9 Å². The first kappa shape index (κ1) is 22.7. The second-order valence-electron chi connectivity index (χ2n) is 8.20. The molecule has 1 aromatic heterocycles. The number of Topliss-reactive ketones (excluding diaryl/α,β-unsaturated/α-hetero) is 1. The van der Waals surface area contributed by atoms with Gasteiger partial charge in [-0.1, -0.05) is 48.5 Å². The maximum absolute atomic E-state index is 12.9.